The highest BCUT2D eigenvalue weighted by Crippen LogP contribution is 2.25. The fourth-order valence-electron chi connectivity index (χ4n) is 6.43. The van der Waals surface area contributed by atoms with Crippen molar-refractivity contribution >= 4 is 34.5 Å². The average molecular weight is 602 g/mol. The zero-order chi connectivity index (χ0) is 31.5. The van der Waals surface area contributed by atoms with Crippen LogP contribution in [0.25, 0.3) is 10.9 Å². The molecule has 44 heavy (non-hydrogen) atoms. The van der Waals surface area contributed by atoms with E-state index in [0.29, 0.717) is 11.5 Å². The Labute approximate surface area is 258 Å². The molecule has 11 heteroatoms. The largest absolute Gasteiger partial charge is 0.361 e. The number of nitrogens with one attached hydrogen (secondary N) is 4. The molecule has 4 amide bonds. The first kappa shape index (κ1) is 31.2. The van der Waals surface area contributed by atoms with Crippen LogP contribution in [0.1, 0.15) is 74.0 Å². The van der Waals surface area contributed by atoms with E-state index in [9.17, 15) is 19.2 Å². The van der Waals surface area contributed by atoms with Crippen LogP contribution in [0.2, 0.25) is 0 Å². The number of fused-ring (bicyclic) bond motifs is 2. The highest BCUT2D eigenvalue weighted by molar-refractivity contribution is 5.95. The summed E-state index contributed by atoms with van der Waals surface area (Å²) >= 11 is 0. The first-order valence-electron chi connectivity index (χ1n) is 15.6. The van der Waals surface area contributed by atoms with E-state index in [2.05, 4.69) is 44.7 Å². The van der Waals surface area contributed by atoms with Gasteiger partial charge in [-0.2, -0.15) is 0 Å². The Morgan fingerprint density at radius 3 is 2.61 bits per heavy atom. The van der Waals surface area contributed by atoms with Crippen molar-refractivity contribution in [3.8, 4) is 0 Å². The summed E-state index contributed by atoms with van der Waals surface area (Å²) in [4.78, 5) is 68.0. The number of aromatic amines is 1. The molecule has 0 radical (unpaired) electrons. The molecule has 5 rings (SSSR count). The van der Waals surface area contributed by atoms with Crippen molar-refractivity contribution in [3.05, 3.63) is 59.3 Å². The molecule has 234 valence electrons. The van der Waals surface area contributed by atoms with E-state index in [1.807, 2.05) is 37.4 Å². The number of aryl methyl sites for hydroxylation is 2. The third-order valence-electron chi connectivity index (χ3n) is 8.79. The number of hydrogen-bond donors (Lipinski definition) is 4. The number of benzene rings is 1. The molecule has 0 spiro atoms. The summed E-state index contributed by atoms with van der Waals surface area (Å²) in [5.41, 5.74) is 2.75. The summed E-state index contributed by atoms with van der Waals surface area (Å²) in [6.45, 7) is 9.80. The fraction of sp³-hybridized carbons (Fsp3) is 0.515. The monoisotopic (exact) mass is 601 g/mol. The number of nitrogens with zero attached hydrogens (tertiary/aromatic N) is 3. The fourth-order valence-corrected chi connectivity index (χ4v) is 6.43. The lowest BCUT2D eigenvalue weighted by molar-refractivity contribution is -0.141. The number of hydrogen-bond acceptors (Lipinski definition) is 6. The maximum atomic E-state index is 14.4. The summed E-state index contributed by atoms with van der Waals surface area (Å²) in [5, 5.41) is 10.2. The van der Waals surface area contributed by atoms with Gasteiger partial charge in [0.1, 0.15) is 23.6 Å². The molecular weight excluding hydrogens is 558 g/mol. The number of amides is 4. The molecule has 0 unspecified atom stereocenters. The summed E-state index contributed by atoms with van der Waals surface area (Å²) in [5.74, 6) is -0.415. The smallest absolute Gasteiger partial charge is 0.270 e. The summed E-state index contributed by atoms with van der Waals surface area (Å²) < 4.78 is 0. The maximum absolute atomic E-state index is 14.4. The van der Waals surface area contributed by atoms with Crippen molar-refractivity contribution in [1.29, 1.82) is 0 Å². The van der Waals surface area contributed by atoms with Crippen molar-refractivity contribution in [1.82, 2.24) is 35.8 Å². The minimum Gasteiger partial charge on any atom is -0.361 e. The second-order valence-electron chi connectivity index (χ2n) is 12.8. The molecule has 2 aliphatic heterocycles. The van der Waals surface area contributed by atoms with Crippen LogP contribution in [0.4, 0.5) is 0 Å². The van der Waals surface area contributed by atoms with Crippen LogP contribution in [0.5, 0.6) is 0 Å². The molecule has 0 saturated carbocycles. The van der Waals surface area contributed by atoms with Gasteiger partial charge in [0, 0.05) is 54.3 Å². The zero-order valence-corrected chi connectivity index (χ0v) is 26.1. The zero-order valence-electron chi connectivity index (χ0n) is 26.1. The van der Waals surface area contributed by atoms with Crippen molar-refractivity contribution < 1.29 is 19.2 Å². The van der Waals surface area contributed by atoms with Crippen LogP contribution < -0.4 is 16.0 Å². The topological polar surface area (TPSA) is 149 Å². The number of para-hydroxylation sites is 1. The molecular formula is C33H43N7O4. The molecule has 3 aromatic rings. The highest BCUT2D eigenvalue weighted by atomic mass is 16.2. The first-order chi connectivity index (χ1) is 21.0. The predicted octanol–water partition coefficient (Wildman–Crippen LogP) is 2.96. The molecule has 0 aliphatic carbocycles. The lowest BCUT2D eigenvalue weighted by atomic mass is 9.92. The van der Waals surface area contributed by atoms with E-state index in [1.54, 1.807) is 19.9 Å². The Kier molecular flexibility index (Phi) is 9.31. The van der Waals surface area contributed by atoms with Crippen LogP contribution in [-0.2, 0) is 20.8 Å². The Morgan fingerprint density at radius 1 is 1.09 bits per heavy atom. The van der Waals surface area contributed by atoms with Crippen molar-refractivity contribution in [2.24, 2.45) is 11.8 Å². The van der Waals surface area contributed by atoms with Crippen LogP contribution >= 0.6 is 0 Å². The van der Waals surface area contributed by atoms with E-state index in [1.165, 1.54) is 4.90 Å². The lowest BCUT2D eigenvalue weighted by Gasteiger charge is -2.30. The summed E-state index contributed by atoms with van der Waals surface area (Å²) in [6, 6.07) is 7.17. The van der Waals surface area contributed by atoms with Gasteiger partial charge in [0.2, 0.25) is 17.7 Å². The van der Waals surface area contributed by atoms with Gasteiger partial charge >= 0.3 is 0 Å². The van der Waals surface area contributed by atoms with Crippen molar-refractivity contribution in [2.75, 3.05) is 6.54 Å². The Balaban J connectivity index is 1.46. The Morgan fingerprint density at radius 2 is 1.86 bits per heavy atom. The molecule has 0 bridgehead atoms. The van der Waals surface area contributed by atoms with Gasteiger partial charge in [-0.3, -0.25) is 19.2 Å². The Hall–Kier alpha value is -4.28. The van der Waals surface area contributed by atoms with E-state index in [0.717, 1.165) is 29.3 Å². The lowest BCUT2D eigenvalue weighted by Crippen LogP contribution is -2.55. The van der Waals surface area contributed by atoms with Gasteiger partial charge in [-0.25, -0.2) is 9.97 Å². The van der Waals surface area contributed by atoms with E-state index >= 15 is 0 Å². The average Bonchev–Trinajstić information content (AvgIpc) is 3.57. The van der Waals surface area contributed by atoms with Crippen molar-refractivity contribution in [3.63, 3.8) is 0 Å². The standard InChI is InChI=1S/C33H43N7O4/c1-18(2)25-11-10-19(3)12-30(41)38-28(14-22-16-34-26-9-7-6-8-24(22)26)33(44)40-17-23(15-29(40)32(43)39-25)37-31(42)27-13-20(4)35-21(5)36-27/h6-9,13,16,18-19,23,25,28-29,34H,10-12,14-15,17H2,1-5H3,(H,37,42)(H,38,41)(H,39,43)/t19-,23-,25+,28-,29+/m1/s1. The highest BCUT2D eigenvalue weighted by Gasteiger charge is 2.43. The van der Waals surface area contributed by atoms with Crippen LogP contribution in [-0.4, -0.2) is 74.2 Å². The second kappa shape index (κ2) is 13.2. The third kappa shape index (κ3) is 7.09. The second-order valence-corrected chi connectivity index (χ2v) is 12.8. The minimum absolute atomic E-state index is 0.0891. The van der Waals surface area contributed by atoms with E-state index < -0.39 is 18.1 Å². The number of carbonyl (C=O) groups excluding carboxylic acids is 4. The summed E-state index contributed by atoms with van der Waals surface area (Å²) in [6.07, 6.45) is 4.16. The predicted molar refractivity (Wildman–Crippen MR) is 167 cm³/mol. The number of aromatic nitrogens is 3. The molecule has 2 fully saturated rings. The van der Waals surface area contributed by atoms with Gasteiger partial charge in [-0.05, 0) is 62.6 Å². The molecule has 5 atom stereocenters. The van der Waals surface area contributed by atoms with Gasteiger partial charge < -0.3 is 25.8 Å². The van der Waals surface area contributed by atoms with Crippen LogP contribution in [0.3, 0.4) is 0 Å². The van der Waals surface area contributed by atoms with Gasteiger partial charge in [-0.15, -0.1) is 0 Å². The quantitative estimate of drug-likeness (QED) is 0.353. The molecule has 11 nitrogen and oxygen atoms in total. The van der Waals surface area contributed by atoms with E-state index in [-0.39, 0.29) is 73.0 Å². The number of carbonyl (C=O) groups is 4. The van der Waals surface area contributed by atoms with Gasteiger partial charge in [0.15, 0.2) is 0 Å². The van der Waals surface area contributed by atoms with Gasteiger partial charge in [-0.1, -0.05) is 39.0 Å². The summed E-state index contributed by atoms with van der Waals surface area (Å²) in [7, 11) is 0. The number of H-pyrrole nitrogens is 1. The molecule has 2 aromatic heterocycles. The molecule has 2 saturated heterocycles. The first-order valence-corrected chi connectivity index (χ1v) is 15.6. The van der Waals surface area contributed by atoms with Crippen LogP contribution in [0, 0.1) is 25.7 Å². The molecule has 2 aliphatic rings. The van der Waals surface area contributed by atoms with Gasteiger partial charge in [0.05, 0.1) is 0 Å². The number of rotatable bonds is 5. The van der Waals surface area contributed by atoms with Crippen LogP contribution in [0.15, 0.2) is 36.5 Å². The molecule has 1 aromatic carbocycles. The normalized spacial score (nSPS) is 25.1. The molecule has 4 N–H and O–H groups in total. The maximum Gasteiger partial charge on any atom is 0.270 e. The van der Waals surface area contributed by atoms with Crippen molar-refractivity contribution in [2.45, 2.75) is 90.9 Å². The minimum atomic E-state index is -0.882. The molecule has 4 heterocycles. The van der Waals surface area contributed by atoms with E-state index in [4.69, 9.17) is 0 Å². The van der Waals surface area contributed by atoms with Gasteiger partial charge in [0.25, 0.3) is 5.91 Å². The Bertz CT molecular complexity index is 1530. The third-order valence-corrected chi connectivity index (χ3v) is 8.79. The SMILES string of the molecule is Cc1cc(C(=O)N[C@@H]2C[C@H]3C(=O)N[C@H](C(C)C)CC[C@@H](C)CC(=O)N[C@H](Cc4c[nH]c5ccccc45)C(=O)N3C2)nc(C)n1.